The molecule has 0 aromatic heterocycles. The molecule has 1 rings (SSSR count). The van der Waals surface area contributed by atoms with E-state index in [1.54, 1.807) is 21.3 Å². The van der Waals surface area contributed by atoms with Gasteiger partial charge in [0, 0.05) is 0 Å². The summed E-state index contributed by atoms with van der Waals surface area (Å²) in [6.07, 6.45) is 0. The van der Waals surface area contributed by atoms with Gasteiger partial charge in [-0.15, -0.1) is 0 Å². The van der Waals surface area contributed by atoms with Crippen LogP contribution in [0.5, 0.6) is 0 Å². The third-order valence-electron chi connectivity index (χ3n) is 1.71. The second-order valence-corrected chi connectivity index (χ2v) is 25.3. The van der Waals surface area contributed by atoms with E-state index in [1.165, 1.54) is 0 Å². The monoisotopic (exact) mass is 500 g/mol. The zero-order valence-electron chi connectivity index (χ0n) is 6.40. The van der Waals surface area contributed by atoms with Gasteiger partial charge in [0.15, 0.2) is 0 Å². The first-order valence-electron chi connectivity index (χ1n) is 3.13. The van der Waals surface area contributed by atoms with Crippen molar-refractivity contribution in [1.29, 1.82) is 0 Å². The normalized spacial score (nSPS) is 28.7. The molecule has 1 aliphatic rings. The van der Waals surface area contributed by atoms with E-state index in [-0.39, 0.29) is 37.9 Å². The van der Waals surface area contributed by atoms with Crippen molar-refractivity contribution in [2.75, 3.05) is 0 Å². The molecule has 0 saturated carbocycles. The molecule has 4 heteroatoms. The van der Waals surface area contributed by atoms with Gasteiger partial charge in [-0.3, -0.25) is 0 Å². The van der Waals surface area contributed by atoms with Gasteiger partial charge in [0.2, 0.25) is 0 Å². The van der Waals surface area contributed by atoms with Gasteiger partial charge in [-0.2, -0.15) is 0 Å². The summed E-state index contributed by atoms with van der Waals surface area (Å²) in [7, 11) is -0.792. The molecule has 10 heavy (non-hydrogen) atoms. The molecular weight excluding hydrogens is 484 g/mol. The van der Waals surface area contributed by atoms with Gasteiger partial charge in [0.25, 0.3) is 0 Å². The SMILES string of the molecule is C[Se]1CC[Se](C)(I)CC1.[I-]. The molecule has 0 amide bonds. The molecular formula is C6H14I2Se2-. The molecule has 0 unspecified atom stereocenters. The van der Waals surface area contributed by atoms with Gasteiger partial charge in [-0.25, -0.2) is 0 Å². The second-order valence-electron chi connectivity index (χ2n) is 2.75. The Bertz CT molecular complexity index is 95.9. The number of halogens is 2. The summed E-state index contributed by atoms with van der Waals surface area (Å²) in [5.41, 5.74) is 0. The van der Waals surface area contributed by atoms with Gasteiger partial charge in [-0.1, -0.05) is 0 Å². The Kier molecular flexibility index (Phi) is 6.60. The molecule has 65 valence electrons. The van der Waals surface area contributed by atoms with Gasteiger partial charge < -0.3 is 24.0 Å². The smallest absolute Gasteiger partial charge is 1.00 e. The van der Waals surface area contributed by atoms with Crippen LogP contribution in [0.15, 0.2) is 0 Å². The average Bonchev–Trinajstić information content (AvgIpc) is 1.78. The van der Waals surface area contributed by atoms with Crippen molar-refractivity contribution < 1.29 is 24.0 Å². The Morgan fingerprint density at radius 3 is 2.00 bits per heavy atom. The predicted molar refractivity (Wildman–Crippen MR) is 56.5 cm³/mol. The Hall–Kier alpha value is 2.50. The molecule has 1 fully saturated rings. The molecule has 1 radical (unpaired) electrons. The molecule has 0 bridgehead atoms. The van der Waals surface area contributed by atoms with E-state index in [0.29, 0.717) is 0 Å². The van der Waals surface area contributed by atoms with Crippen molar-refractivity contribution >= 4 is 43.8 Å². The third-order valence-corrected chi connectivity index (χ3v) is 17.1. The van der Waals surface area contributed by atoms with E-state index >= 15 is 0 Å². The molecule has 0 aromatic carbocycles. The largest absolute Gasteiger partial charge is 1.00 e. The maximum Gasteiger partial charge on any atom is -1.00 e. The third kappa shape index (κ3) is 4.51. The maximum absolute atomic E-state index is 2.78. The van der Waals surface area contributed by atoms with Gasteiger partial charge in [-0.05, 0) is 0 Å². The van der Waals surface area contributed by atoms with Crippen LogP contribution in [0.2, 0.25) is 32.9 Å². The van der Waals surface area contributed by atoms with Crippen LogP contribution in [0, 0.1) is 0 Å². The van der Waals surface area contributed by atoms with Crippen molar-refractivity contribution in [3.05, 3.63) is 0 Å². The molecule has 0 aromatic rings. The fourth-order valence-corrected chi connectivity index (χ4v) is 27.8. The minimum Gasteiger partial charge on any atom is -1.00 e. The van der Waals surface area contributed by atoms with Crippen LogP contribution in [0.25, 0.3) is 0 Å². The van der Waals surface area contributed by atoms with Crippen molar-refractivity contribution in [1.82, 2.24) is 0 Å². The summed E-state index contributed by atoms with van der Waals surface area (Å²) >= 11 is 2.75. The van der Waals surface area contributed by atoms with Crippen LogP contribution in [0.1, 0.15) is 0 Å². The summed E-state index contributed by atoms with van der Waals surface area (Å²) in [5, 5.41) is 6.55. The molecule has 1 heterocycles. The predicted octanol–water partition coefficient (Wildman–Crippen LogP) is 0.139. The Morgan fingerprint density at radius 1 is 1.30 bits per heavy atom. The van der Waals surface area contributed by atoms with Crippen LogP contribution < -0.4 is 24.0 Å². The van der Waals surface area contributed by atoms with Crippen LogP contribution in [0.3, 0.4) is 0 Å². The summed E-state index contributed by atoms with van der Waals surface area (Å²) in [6, 6.07) is 0. The van der Waals surface area contributed by atoms with Crippen LogP contribution in [0.4, 0.5) is 0 Å². The fourth-order valence-electron chi connectivity index (χ4n) is 0.836. The number of hydrogen-bond acceptors (Lipinski definition) is 0. The first kappa shape index (κ1) is 12.5. The molecule has 0 N–H and O–H groups in total. The Labute approximate surface area is 99.2 Å². The van der Waals surface area contributed by atoms with Crippen molar-refractivity contribution in [2.45, 2.75) is 32.9 Å². The minimum absolute atomic E-state index is 0. The molecule has 0 atom stereocenters. The average molecular weight is 498 g/mol. The maximum atomic E-state index is 2.78. The van der Waals surface area contributed by atoms with E-state index < -0.39 is 9.60 Å². The molecule has 0 aliphatic carbocycles. The molecule has 0 nitrogen and oxygen atoms in total. The summed E-state index contributed by atoms with van der Waals surface area (Å²) in [6.45, 7) is 0. The van der Waals surface area contributed by atoms with Crippen molar-refractivity contribution in [3.63, 3.8) is 0 Å². The van der Waals surface area contributed by atoms with E-state index in [9.17, 15) is 0 Å². The van der Waals surface area contributed by atoms with Crippen LogP contribution in [-0.4, -0.2) is 23.5 Å². The van der Waals surface area contributed by atoms with Crippen LogP contribution in [-0.2, 0) is 0 Å². The van der Waals surface area contributed by atoms with E-state index in [0.717, 1.165) is 0 Å². The van der Waals surface area contributed by atoms with Gasteiger partial charge in [0.1, 0.15) is 0 Å². The summed E-state index contributed by atoms with van der Waals surface area (Å²) in [5.74, 6) is 5.07. The standard InChI is InChI=1S/C6H14ISe2.HI/c1-8-3-5-9(2,7)6-4-8;/h3-6H2,1-2H3;1H/p-1. The van der Waals surface area contributed by atoms with Crippen molar-refractivity contribution in [2.24, 2.45) is 0 Å². The van der Waals surface area contributed by atoms with Gasteiger partial charge >= 0.3 is 76.8 Å². The van der Waals surface area contributed by atoms with E-state index in [4.69, 9.17) is 0 Å². The summed E-state index contributed by atoms with van der Waals surface area (Å²) < 4.78 is 0. The fraction of sp³-hybridized carbons (Fsp3) is 1.00. The zero-order chi connectivity index (χ0) is 6.91. The second kappa shape index (κ2) is 5.28. The zero-order valence-corrected chi connectivity index (χ0v) is 14.1. The Morgan fingerprint density at radius 2 is 1.70 bits per heavy atom. The van der Waals surface area contributed by atoms with E-state index in [1.807, 2.05) is 0 Å². The quantitative estimate of drug-likeness (QED) is 0.330. The minimum atomic E-state index is -0.792. The Balaban J connectivity index is 0.000000810. The number of hydrogen-bond donors (Lipinski definition) is 0. The number of rotatable bonds is 0. The summed E-state index contributed by atoms with van der Waals surface area (Å²) in [4.78, 5) is 0. The van der Waals surface area contributed by atoms with Gasteiger partial charge in [0.05, 0.1) is 0 Å². The first-order chi connectivity index (χ1) is 4.10. The topological polar surface area (TPSA) is 0 Å². The molecule has 0 spiro atoms. The van der Waals surface area contributed by atoms with E-state index in [2.05, 4.69) is 32.0 Å². The molecule has 1 saturated heterocycles. The molecule has 1 aliphatic heterocycles. The first-order valence-corrected chi connectivity index (χ1v) is 16.6. The van der Waals surface area contributed by atoms with Crippen molar-refractivity contribution in [3.8, 4) is 0 Å². The van der Waals surface area contributed by atoms with Crippen LogP contribution >= 0.6 is 20.3 Å².